The molecule has 5 atom stereocenters. The molecule has 0 spiro atoms. The molecule has 0 aromatic heterocycles. The molecular weight excluding hydrogens is 414 g/mol. The standard InChI is InChI=1S/C18H33N5O8/c1-9(19)15(26)22-11(8-24)6-7-14(25)23-13(5-3-4-12(20)18(30)31)16(27)21-10(2)17(28)29/h9-13,24H,3-8,19-20H2,1-2H3,(H,21,27)(H,22,26)(H,23,25)(H,28,29)(H,30,31)/t9-,10+,11+,12+,13-/m0/s1. The van der Waals surface area contributed by atoms with E-state index in [1.165, 1.54) is 13.8 Å². The number of nitrogens with one attached hydrogen (secondary N) is 3. The van der Waals surface area contributed by atoms with Crippen molar-refractivity contribution in [3.05, 3.63) is 0 Å². The highest BCUT2D eigenvalue weighted by molar-refractivity contribution is 5.90. The molecule has 0 fully saturated rings. The highest BCUT2D eigenvalue weighted by Crippen LogP contribution is 2.06. The maximum Gasteiger partial charge on any atom is 0.325 e. The van der Waals surface area contributed by atoms with Gasteiger partial charge in [0.05, 0.1) is 18.7 Å². The van der Waals surface area contributed by atoms with Crippen LogP contribution < -0.4 is 27.4 Å². The molecule has 0 aromatic rings. The molecule has 10 N–H and O–H groups in total. The van der Waals surface area contributed by atoms with Gasteiger partial charge in [0.2, 0.25) is 17.7 Å². The number of carboxylic acid groups (broad SMARTS) is 2. The van der Waals surface area contributed by atoms with Crippen molar-refractivity contribution in [2.45, 2.75) is 76.2 Å². The second-order valence-corrected chi connectivity index (χ2v) is 7.28. The molecule has 13 heteroatoms. The number of hydrogen-bond acceptors (Lipinski definition) is 8. The predicted octanol–water partition coefficient (Wildman–Crippen LogP) is -2.75. The highest BCUT2D eigenvalue weighted by Gasteiger charge is 2.25. The number of carbonyl (C=O) groups is 5. The molecule has 0 aliphatic heterocycles. The van der Waals surface area contributed by atoms with Crippen LogP contribution >= 0.6 is 0 Å². The zero-order chi connectivity index (χ0) is 24.1. The second kappa shape index (κ2) is 14.3. The average molecular weight is 447 g/mol. The van der Waals surface area contributed by atoms with Gasteiger partial charge in [0.15, 0.2) is 0 Å². The lowest BCUT2D eigenvalue weighted by Gasteiger charge is -2.21. The van der Waals surface area contributed by atoms with Gasteiger partial charge in [-0.25, -0.2) is 0 Å². The number of carboxylic acids is 2. The van der Waals surface area contributed by atoms with E-state index in [4.69, 9.17) is 21.7 Å². The van der Waals surface area contributed by atoms with Crippen LogP contribution in [0.25, 0.3) is 0 Å². The van der Waals surface area contributed by atoms with E-state index in [2.05, 4.69) is 16.0 Å². The van der Waals surface area contributed by atoms with Gasteiger partial charge in [0.1, 0.15) is 18.1 Å². The number of nitrogens with two attached hydrogens (primary N) is 2. The molecule has 31 heavy (non-hydrogen) atoms. The normalized spacial score (nSPS) is 15.6. The molecule has 178 valence electrons. The van der Waals surface area contributed by atoms with Gasteiger partial charge in [0.25, 0.3) is 0 Å². The molecular formula is C18H33N5O8. The maximum absolute atomic E-state index is 12.4. The predicted molar refractivity (Wildman–Crippen MR) is 109 cm³/mol. The van der Waals surface area contributed by atoms with E-state index in [0.717, 1.165) is 0 Å². The van der Waals surface area contributed by atoms with Crippen molar-refractivity contribution < 1.29 is 39.3 Å². The maximum atomic E-state index is 12.4. The molecule has 0 rings (SSSR count). The van der Waals surface area contributed by atoms with Crippen LogP contribution in [0.5, 0.6) is 0 Å². The summed E-state index contributed by atoms with van der Waals surface area (Å²) in [7, 11) is 0. The lowest BCUT2D eigenvalue weighted by atomic mass is 10.0. The van der Waals surface area contributed by atoms with E-state index >= 15 is 0 Å². The topological polar surface area (TPSA) is 234 Å². The molecule has 0 saturated carbocycles. The zero-order valence-electron chi connectivity index (χ0n) is 17.7. The monoisotopic (exact) mass is 447 g/mol. The molecule has 0 heterocycles. The first-order chi connectivity index (χ1) is 14.4. The van der Waals surface area contributed by atoms with Gasteiger partial charge >= 0.3 is 11.9 Å². The average Bonchev–Trinajstić information content (AvgIpc) is 2.69. The third-order valence-electron chi connectivity index (χ3n) is 4.41. The Balaban J connectivity index is 4.91. The van der Waals surface area contributed by atoms with Gasteiger partial charge in [-0.15, -0.1) is 0 Å². The van der Waals surface area contributed by atoms with Crippen molar-refractivity contribution in [2.24, 2.45) is 11.5 Å². The quantitative estimate of drug-likeness (QED) is 0.129. The third kappa shape index (κ3) is 11.9. The second-order valence-electron chi connectivity index (χ2n) is 7.28. The van der Waals surface area contributed by atoms with Crippen LogP contribution in [0, 0.1) is 0 Å². The van der Waals surface area contributed by atoms with Crippen molar-refractivity contribution in [3.63, 3.8) is 0 Å². The number of hydrogen-bond donors (Lipinski definition) is 8. The first-order valence-corrected chi connectivity index (χ1v) is 9.86. The van der Waals surface area contributed by atoms with E-state index in [9.17, 15) is 29.1 Å². The summed E-state index contributed by atoms with van der Waals surface area (Å²) in [5.74, 6) is -4.26. The molecule has 0 radical (unpaired) electrons. The Labute approximate surface area is 179 Å². The van der Waals surface area contributed by atoms with Crippen molar-refractivity contribution in [1.82, 2.24) is 16.0 Å². The van der Waals surface area contributed by atoms with E-state index < -0.39 is 66.5 Å². The van der Waals surface area contributed by atoms with Gasteiger partial charge in [0, 0.05) is 6.42 Å². The summed E-state index contributed by atoms with van der Waals surface area (Å²) < 4.78 is 0. The Morgan fingerprint density at radius 1 is 0.839 bits per heavy atom. The van der Waals surface area contributed by atoms with Crippen molar-refractivity contribution >= 4 is 29.7 Å². The van der Waals surface area contributed by atoms with E-state index in [1.54, 1.807) is 0 Å². The minimum Gasteiger partial charge on any atom is -0.480 e. The molecule has 13 nitrogen and oxygen atoms in total. The first kappa shape index (κ1) is 28.2. The fourth-order valence-electron chi connectivity index (χ4n) is 2.42. The summed E-state index contributed by atoms with van der Waals surface area (Å²) in [5.41, 5.74) is 10.9. The van der Waals surface area contributed by atoms with Crippen LogP contribution in [-0.2, 0) is 24.0 Å². The van der Waals surface area contributed by atoms with Crippen LogP contribution in [0.2, 0.25) is 0 Å². The van der Waals surface area contributed by atoms with E-state index in [1.807, 2.05) is 0 Å². The number of aliphatic carboxylic acids is 2. The van der Waals surface area contributed by atoms with Crippen LogP contribution in [-0.4, -0.2) is 81.8 Å². The molecule has 0 saturated heterocycles. The fraction of sp³-hybridized carbons (Fsp3) is 0.722. The lowest BCUT2D eigenvalue weighted by molar-refractivity contribution is -0.142. The van der Waals surface area contributed by atoms with Gasteiger partial charge in [-0.3, -0.25) is 24.0 Å². The summed E-state index contributed by atoms with van der Waals surface area (Å²) in [6.45, 7) is 2.30. The number of amides is 3. The number of aliphatic hydroxyl groups excluding tert-OH is 1. The van der Waals surface area contributed by atoms with E-state index in [-0.39, 0.29) is 32.1 Å². The lowest BCUT2D eigenvalue weighted by Crippen LogP contribution is -2.51. The van der Waals surface area contributed by atoms with Crippen LogP contribution in [0.3, 0.4) is 0 Å². The first-order valence-electron chi connectivity index (χ1n) is 9.86. The molecule has 0 aliphatic rings. The minimum absolute atomic E-state index is 0.0374. The van der Waals surface area contributed by atoms with Crippen molar-refractivity contribution in [3.8, 4) is 0 Å². The summed E-state index contributed by atoms with van der Waals surface area (Å²) in [6.07, 6.45) is 0.216. The highest BCUT2D eigenvalue weighted by atomic mass is 16.4. The van der Waals surface area contributed by atoms with Gasteiger partial charge < -0.3 is 42.7 Å². The van der Waals surface area contributed by atoms with Gasteiger partial charge in [-0.05, 0) is 39.5 Å². The Hall–Kier alpha value is -2.77. The SMILES string of the molecule is C[C@H](N)C(=O)N[C@@H](CO)CCC(=O)N[C@@H](CCC[C@@H](N)C(=O)O)C(=O)N[C@H](C)C(=O)O. The van der Waals surface area contributed by atoms with E-state index in [0.29, 0.717) is 0 Å². The number of aliphatic hydroxyl groups is 1. The Bertz CT molecular complexity index is 642. The van der Waals surface area contributed by atoms with Crippen molar-refractivity contribution in [1.29, 1.82) is 0 Å². The summed E-state index contributed by atoms with van der Waals surface area (Å²) in [4.78, 5) is 58.0. The fourth-order valence-corrected chi connectivity index (χ4v) is 2.42. The molecule has 3 amide bonds. The summed E-state index contributed by atoms with van der Waals surface area (Å²) in [5, 5.41) is 34.3. The Morgan fingerprint density at radius 2 is 1.45 bits per heavy atom. The summed E-state index contributed by atoms with van der Waals surface area (Å²) >= 11 is 0. The number of carbonyl (C=O) groups excluding carboxylic acids is 3. The zero-order valence-corrected chi connectivity index (χ0v) is 17.7. The molecule has 0 aliphatic carbocycles. The van der Waals surface area contributed by atoms with Gasteiger partial charge in [-0.2, -0.15) is 0 Å². The number of rotatable bonds is 15. The van der Waals surface area contributed by atoms with Crippen LogP contribution in [0.15, 0.2) is 0 Å². The molecule has 0 bridgehead atoms. The van der Waals surface area contributed by atoms with Crippen molar-refractivity contribution in [2.75, 3.05) is 6.61 Å². The minimum atomic E-state index is -1.26. The van der Waals surface area contributed by atoms with Crippen LogP contribution in [0.1, 0.15) is 46.0 Å². The molecule has 0 aromatic carbocycles. The van der Waals surface area contributed by atoms with Crippen LogP contribution in [0.4, 0.5) is 0 Å². The largest absolute Gasteiger partial charge is 0.480 e. The summed E-state index contributed by atoms with van der Waals surface area (Å²) in [6, 6.07) is -4.93. The third-order valence-corrected chi connectivity index (χ3v) is 4.41. The molecule has 0 unspecified atom stereocenters. The smallest absolute Gasteiger partial charge is 0.325 e. The van der Waals surface area contributed by atoms with Gasteiger partial charge in [-0.1, -0.05) is 0 Å². The Morgan fingerprint density at radius 3 is 1.94 bits per heavy atom. The Kier molecular flexibility index (Phi) is 13.0.